The number of aliphatic hydroxyl groups excluding tert-OH is 1. The first-order chi connectivity index (χ1) is 18.6. The maximum atomic E-state index is 13.2. The average molecular weight is 524 g/mol. The monoisotopic (exact) mass is 523 g/mol. The van der Waals surface area contributed by atoms with E-state index < -0.39 is 6.67 Å². The number of likely N-dealkylation sites (tertiary alicyclic amines) is 1. The van der Waals surface area contributed by atoms with Crippen molar-refractivity contribution < 1.29 is 23.8 Å². The molecule has 1 amide bonds. The normalized spacial score (nSPS) is 21.4. The van der Waals surface area contributed by atoms with Gasteiger partial charge >= 0.3 is 0 Å². The molecule has 1 aromatic heterocycles. The van der Waals surface area contributed by atoms with E-state index in [0.717, 1.165) is 61.2 Å². The van der Waals surface area contributed by atoms with E-state index in [1.807, 2.05) is 6.07 Å². The number of hydrogen-bond acceptors (Lipinski definition) is 7. The molecule has 9 nitrogen and oxygen atoms in total. The molecule has 1 saturated heterocycles. The predicted molar refractivity (Wildman–Crippen MR) is 141 cm³/mol. The number of aliphatic hydroxyl groups is 1. The van der Waals surface area contributed by atoms with Crippen LogP contribution in [0.25, 0.3) is 10.9 Å². The second-order valence-electron chi connectivity index (χ2n) is 10.5. The van der Waals surface area contributed by atoms with E-state index in [9.17, 15) is 14.3 Å². The Morgan fingerprint density at radius 2 is 1.89 bits per heavy atom. The van der Waals surface area contributed by atoms with Gasteiger partial charge in [0.05, 0.1) is 31.3 Å². The molecular weight excluding hydrogens is 489 g/mol. The number of rotatable bonds is 9. The van der Waals surface area contributed by atoms with E-state index in [4.69, 9.17) is 9.47 Å². The van der Waals surface area contributed by atoms with Gasteiger partial charge in [0.2, 0.25) is 12.7 Å². The van der Waals surface area contributed by atoms with Gasteiger partial charge in [-0.2, -0.15) is 5.10 Å². The van der Waals surface area contributed by atoms with Crippen LogP contribution in [0, 0.1) is 0 Å². The van der Waals surface area contributed by atoms with Crippen LogP contribution < -0.4 is 20.1 Å². The minimum Gasteiger partial charge on any atom is -0.454 e. The highest BCUT2D eigenvalue weighted by Crippen LogP contribution is 2.40. The summed E-state index contributed by atoms with van der Waals surface area (Å²) in [6.45, 7) is 1.84. The van der Waals surface area contributed by atoms with Gasteiger partial charge in [-0.05, 0) is 67.0 Å². The van der Waals surface area contributed by atoms with Gasteiger partial charge in [0.15, 0.2) is 17.3 Å². The minimum atomic E-state index is -0.570. The topological polar surface area (TPSA) is 101 Å². The summed E-state index contributed by atoms with van der Waals surface area (Å²) in [4.78, 5) is 15.1. The molecule has 10 heteroatoms. The number of benzene rings is 2. The van der Waals surface area contributed by atoms with Crippen molar-refractivity contribution in [3.05, 3.63) is 47.5 Å². The van der Waals surface area contributed by atoms with Gasteiger partial charge in [-0.25, -0.2) is 4.39 Å². The fourth-order valence-corrected chi connectivity index (χ4v) is 5.99. The van der Waals surface area contributed by atoms with Crippen LogP contribution >= 0.6 is 0 Å². The van der Waals surface area contributed by atoms with Gasteiger partial charge in [-0.3, -0.25) is 14.4 Å². The number of carbonyl (C=O) groups excluding carboxylic acids is 1. The highest BCUT2D eigenvalue weighted by atomic mass is 19.1. The van der Waals surface area contributed by atoms with Gasteiger partial charge in [-0.15, -0.1) is 0 Å². The molecule has 0 unspecified atom stereocenters. The molecular formula is C28H34FN5O4. The summed E-state index contributed by atoms with van der Waals surface area (Å²) in [7, 11) is 0. The Hall–Kier alpha value is -3.37. The highest BCUT2D eigenvalue weighted by molar-refractivity contribution is 5.92. The summed E-state index contributed by atoms with van der Waals surface area (Å²) in [5.74, 6) is 2.68. The quantitative estimate of drug-likeness (QED) is 0.396. The second-order valence-corrected chi connectivity index (χ2v) is 10.5. The van der Waals surface area contributed by atoms with Crippen molar-refractivity contribution >= 4 is 22.6 Å². The van der Waals surface area contributed by atoms with Gasteiger partial charge in [0.1, 0.15) is 6.67 Å². The molecule has 3 N–H and O–H groups in total. The third-order valence-corrected chi connectivity index (χ3v) is 8.05. The summed E-state index contributed by atoms with van der Waals surface area (Å²) in [5, 5.41) is 20.8. The molecule has 2 fully saturated rings. The Morgan fingerprint density at radius 3 is 2.68 bits per heavy atom. The third-order valence-electron chi connectivity index (χ3n) is 8.05. The number of fused-ring (bicyclic) bond motifs is 2. The fourth-order valence-electron chi connectivity index (χ4n) is 5.99. The Morgan fingerprint density at radius 1 is 1.08 bits per heavy atom. The van der Waals surface area contributed by atoms with Crippen molar-refractivity contribution in [1.29, 1.82) is 0 Å². The number of ether oxygens (including phenoxy) is 2. The van der Waals surface area contributed by atoms with E-state index >= 15 is 0 Å². The summed E-state index contributed by atoms with van der Waals surface area (Å²) in [6, 6.07) is 12.3. The van der Waals surface area contributed by atoms with E-state index in [1.54, 1.807) is 22.9 Å². The Balaban J connectivity index is 0.960. The lowest BCUT2D eigenvalue weighted by molar-refractivity contribution is -0.121. The maximum Gasteiger partial charge on any atom is 0.239 e. The van der Waals surface area contributed by atoms with Crippen molar-refractivity contribution in [2.75, 3.05) is 38.4 Å². The van der Waals surface area contributed by atoms with Crippen LogP contribution in [0.3, 0.4) is 0 Å². The molecule has 2 aromatic carbocycles. The molecule has 3 aliphatic rings. The molecule has 3 heterocycles. The molecule has 0 atom stereocenters. The lowest BCUT2D eigenvalue weighted by Gasteiger charge is -2.46. The molecule has 1 saturated carbocycles. The molecule has 0 spiro atoms. The zero-order chi connectivity index (χ0) is 26.1. The first-order valence-corrected chi connectivity index (χ1v) is 13.4. The van der Waals surface area contributed by atoms with E-state index in [2.05, 4.69) is 32.8 Å². The summed E-state index contributed by atoms with van der Waals surface area (Å²) in [5.41, 5.74) is 2.68. The zero-order valence-corrected chi connectivity index (χ0v) is 21.4. The van der Waals surface area contributed by atoms with Gasteiger partial charge in [-0.1, -0.05) is 12.1 Å². The van der Waals surface area contributed by atoms with E-state index in [0.29, 0.717) is 36.7 Å². The van der Waals surface area contributed by atoms with Crippen molar-refractivity contribution in [3.8, 4) is 11.5 Å². The second kappa shape index (κ2) is 10.8. The van der Waals surface area contributed by atoms with Crippen molar-refractivity contribution in [2.24, 2.45) is 0 Å². The van der Waals surface area contributed by atoms with Crippen LogP contribution in [-0.2, 0) is 18.0 Å². The number of nitrogens with one attached hydrogen (secondary N) is 2. The Labute approximate surface area is 220 Å². The number of aromatic nitrogens is 2. The fraction of sp³-hybridized carbons (Fsp3) is 0.500. The Kier molecular flexibility index (Phi) is 7.08. The summed E-state index contributed by atoms with van der Waals surface area (Å²) < 4.78 is 25.8. The lowest BCUT2D eigenvalue weighted by Crippen LogP contribution is -2.63. The Bertz CT molecular complexity index is 1300. The first kappa shape index (κ1) is 24.9. The number of amides is 1. The van der Waals surface area contributed by atoms with Crippen molar-refractivity contribution in [3.63, 3.8) is 0 Å². The standard InChI is InChI=1S/C28H34FN5O4/c29-13-18-1-7-24-23(11-18)28(32-34(24)9-10-35)30-14-27(36)31-21-15-33(16-21)22-5-2-19(3-6-22)20-4-8-25-26(12-20)38-17-37-25/h1,4,7-8,11-12,19,21-22,35H,2-3,5-6,9-10,13-17H2,(H,30,32)(H,31,36)/t19-,22+. The number of nitrogens with zero attached hydrogens (tertiary/aromatic N) is 3. The van der Waals surface area contributed by atoms with Gasteiger partial charge < -0.3 is 25.2 Å². The van der Waals surface area contributed by atoms with Crippen molar-refractivity contribution in [1.82, 2.24) is 20.0 Å². The van der Waals surface area contributed by atoms with E-state index in [-0.39, 0.29) is 25.1 Å². The van der Waals surface area contributed by atoms with Crippen LogP contribution in [0.15, 0.2) is 36.4 Å². The van der Waals surface area contributed by atoms with Crippen molar-refractivity contribution in [2.45, 2.75) is 56.9 Å². The largest absolute Gasteiger partial charge is 0.454 e. The molecule has 38 heavy (non-hydrogen) atoms. The van der Waals surface area contributed by atoms with Crippen LogP contribution in [0.5, 0.6) is 11.5 Å². The third kappa shape index (κ3) is 5.02. The molecule has 2 aliphatic heterocycles. The number of hydrogen-bond donors (Lipinski definition) is 3. The molecule has 6 rings (SSSR count). The molecule has 3 aromatic rings. The molecule has 202 valence electrons. The lowest BCUT2D eigenvalue weighted by atomic mass is 9.80. The van der Waals surface area contributed by atoms with Crippen LogP contribution in [0.4, 0.5) is 10.2 Å². The minimum absolute atomic E-state index is 0.0557. The average Bonchev–Trinajstić information content (AvgIpc) is 3.53. The smallest absolute Gasteiger partial charge is 0.239 e. The first-order valence-electron chi connectivity index (χ1n) is 13.4. The predicted octanol–water partition coefficient (Wildman–Crippen LogP) is 3.17. The number of halogens is 1. The molecule has 0 radical (unpaired) electrons. The van der Waals surface area contributed by atoms with Gasteiger partial charge in [0.25, 0.3) is 0 Å². The number of carbonyl (C=O) groups is 1. The highest BCUT2D eigenvalue weighted by Gasteiger charge is 2.35. The molecule has 0 bridgehead atoms. The van der Waals surface area contributed by atoms with E-state index in [1.165, 1.54) is 5.56 Å². The SMILES string of the molecule is O=C(CNc1nn(CCO)c2ccc(CF)cc12)NC1CN([C@H]2CC[C@@H](c3ccc4c(c3)OCO4)CC2)C1. The molecule has 1 aliphatic carbocycles. The van der Waals surface area contributed by atoms with Crippen LogP contribution in [0.2, 0.25) is 0 Å². The van der Waals surface area contributed by atoms with Gasteiger partial charge in [0, 0.05) is 24.5 Å². The van der Waals surface area contributed by atoms with Crippen LogP contribution in [0.1, 0.15) is 42.7 Å². The maximum absolute atomic E-state index is 13.2. The number of alkyl halides is 1. The number of anilines is 1. The summed E-state index contributed by atoms with van der Waals surface area (Å²) >= 11 is 0. The zero-order valence-electron chi connectivity index (χ0n) is 21.4. The van der Waals surface area contributed by atoms with Crippen LogP contribution in [-0.4, -0.2) is 70.8 Å². The summed E-state index contributed by atoms with van der Waals surface area (Å²) in [6.07, 6.45) is 4.63.